The van der Waals surface area contributed by atoms with Gasteiger partial charge < -0.3 is 14.4 Å². The number of anilines is 1. The molecule has 2 aromatic rings. The molecule has 24 heavy (non-hydrogen) atoms. The smallest absolute Gasteiger partial charge is 0.336 e. The van der Waals surface area contributed by atoms with Crippen LogP contribution in [-0.2, 0) is 14.3 Å². The summed E-state index contributed by atoms with van der Waals surface area (Å²) in [5.41, 5.74) is 2.82. The molecule has 1 aliphatic heterocycles. The number of methoxy groups -OCH3 is 1. The zero-order valence-electron chi connectivity index (χ0n) is 14.0. The Morgan fingerprint density at radius 3 is 2.75 bits per heavy atom. The Bertz CT molecular complexity index is 736. The molecule has 0 amide bonds. The standard InChI is InChI=1S/C17H20N4O3/c1-11-12(2)19-15(13-4-6-18-7-5-13)20-16(11)21-8-9-24-14(10-21)17(22)23-3/h4-7,14H,8-10H2,1-3H3. The van der Waals surface area contributed by atoms with Crippen LogP contribution >= 0.6 is 0 Å². The van der Waals surface area contributed by atoms with Crippen molar-refractivity contribution in [2.24, 2.45) is 0 Å². The second kappa shape index (κ2) is 6.92. The molecular weight excluding hydrogens is 308 g/mol. The molecular formula is C17H20N4O3. The van der Waals surface area contributed by atoms with Crippen molar-refractivity contribution in [3.05, 3.63) is 35.8 Å². The van der Waals surface area contributed by atoms with Gasteiger partial charge in [0.25, 0.3) is 0 Å². The molecule has 126 valence electrons. The molecule has 7 heteroatoms. The Hall–Kier alpha value is -2.54. The lowest BCUT2D eigenvalue weighted by Gasteiger charge is -2.33. The van der Waals surface area contributed by atoms with E-state index in [0.717, 1.165) is 22.6 Å². The van der Waals surface area contributed by atoms with E-state index in [1.807, 2.05) is 26.0 Å². The molecule has 2 aromatic heterocycles. The highest BCUT2D eigenvalue weighted by Gasteiger charge is 2.29. The summed E-state index contributed by atoms with van der Waals surface area (Å²) in [6.07, 6.45) is 2.84. The van der Waals surface area contributed by atoms with Crippen molar-refractivity contribution >= 4 is 11.8 Å². The molecule has 0 N–H and O–H groups in total. The number of nitrogens with zero attached hydrogens (tertiary/aromatic N) is 4. The summed E-state index contributed by atoms with van der Waals surface area (Å²) in [7, 11) is 1.37. The van der Waals surface area contributed by atoms with Crippen LogP contribution in [0.25, 0.3) is 11.4 Å². The van der Waals surface area contributed by atoms with Crippen molar-refractivity contribution in [1.29, 1.82) is 0 Å². The van der Waals surface area contributed by atoms with Crippen molar-refractivity contribution in [3.63, 3.8) is 0 Å². The Labute approximate surface area is 140 Å². The van der Waals surface area contributed by atoms with E-state index in [-0.39, 0.29) is 5.97 Å². The van der Waals surface area contributed by atoms with Gasteiger partial charge in [0.05, 0.1) is 20.3 Å². The highest BCUT2D eigenvalue weighted by atomic mass is 16.6. The molecule has 0 aliphatic carbocycles. The van der Waals surface area contributed by atoms with Crippen LogP contribution in [0.2, 0.25) is 0 Å². The van der Waals surface area contributed by atoms with Gasteiger partial charge in [-0.1, -0.05) is 0 Å². The summed E-state index contributed by atoms with van der Waals surface area (Å²) in [4.78, 5) is 27.2. The fourth-order valence-electron chi connectivity index (χ4n) is 2.67. The number of carbonyl (C=O) groups is 1. The fourth-order valence-corrected chi connectivity index (χ4v) is 2.67. The van der Waals surface area contributed by atoms with Crippen LogP contribution in [0.1, 0.15) is 11.3 Å². The Morgan fingerprint density at radius 2 is 2.04 bits per heavy atom. The topological polar surface area (TPSA) is 77.4 Å². The third-order valence-corrected chi connectivity index (χ3v) is 4.13. The number of carbonyl (C=O) groups excluding carboxylic acids is 1. The first-order valence-corrected chi connectivity index (χ1v) is 7.80. The van der Waals surface area contributed by atoms with Crippen molar-refractivity contribution < 1.29 is 14.3 Å². The van der Waals surface area contributed by atoms with Gasteiger partial charge >= 0.3 is 5.97 Å². The second-order valence-corrected chi connectivity index (χ2v) is 5.65. The van der Waals surface area contributed by atoms with Crippen LogP contribution in [0.5, 0.6) is 0 Å². The second-order valence-electron chi connectivity index (χ2n) is 5.65. The van der Waals surface area contributed by atoms with Gasteiger partial charge in [-0.3, -0.25) is 4.98 Å². The summed E-state index contributed by atoms with van der Waals surface area (Å²) in [6, 6.07) is 3.76. The number of rotatable bonds is 3. The highest BCUT2D eigenvalue weighted by Crippen LogP contribution is 2.25. The van der Waals surface area contributed by atoms with Crippen molar-refractivity contribution in [2.45, 2.75) is 20.0 Å². The molecule has 0 radical (unpaired) electrons. The molecule has 0 aromatic carbocycles. The van der Waals surface area contributed by atoms with Gasteiger partial charge in [0.1, 0.15) is 5.82 Å². The van der Waals surface area contributed by atoms with Crippen molar-refractivity contribution in [1.82, 2.24) is 15.0 Å². The summed E-state index contributed by atoms with van der Waals surface area (Å²) in [5, 5.41) is 0. The molecule has 3 rings (SSSR count). The number of pyridine rings is 1. The van der Waals surface area contributed by atoms with E-state index in [0.29, 0.717) is 25.5 Å². The number of morpholine rings is 1. The van der Waals surface area contributed by atoms with E-state index in [1.54, 1.807) is 12.4 Å². The third-order valence-electron chi connectivity index (χ3n) is 4.13. The molecule has 7 nitrogen and oxygen atoms in total. The van der Waals surface area contributed by atoms with Gasteiger partial charge in [0.15, 0.2) is 11.9 Å². The first kappa shape index (κ1) is 16.3. The Kier molecular flexibility index (Phi) is 4.71. The van der Waals surface area contributed by atoms with E-state index in [9.17, 15) is 4.79 Å². The first-order valence-electron chi connectivity index (χ1n) is 7.80. The van der Waals surface area contributed by atoms with E-state index >= 15 is 0 Å². The van der Waals surface area contributed by atoms with E-state index in [2.05, 4.69) is 14.9 Å². The molecule has 0 saturated carbocycles. The summed E-state index contributed by atoms with van der Waals surface area (Å²) < 4.78 is 10.3. The van der Waals surface area contributed by atoms with Crippen LogP contribution in [-0.4, -0.2) is 53.8 Å². The lowest BCUT2D eigenvalue weighted by molar-refractivity contribution is -0.154. The molecule has 1 saturated heterocycles. The average molecular weight is 328 g/mol. The first-order chi connectivity index (χ1) is 11.6. The van der Waals surface area contributed by atoms with Crippen LogP contribution < -0.4 is 4.90 Å². The quantitative estimate of drug-likeness (QED) is 0.791. The summed E-state index contributed by atoms with van der Waals surface area (Å²) in [5.74, 6) is 1.11. The fraction of sp³-hybridized carbons (Fsp3) is 0.412. The Balaban J connectivity index is 1.95. The number of aryl methyl sites for hydroxylation is 1. The van der Waals surface area contributed by atoms with Gasteiger partial charge in [-0.25, -0.2) is 14.8 Å². The lowest BCUT2D eigenvalue weighted by atomic mass is 10.1. The van der Waals surface area contributed by atoms with E-state index < -0.39 is 6.10 Å². The van der Waals surface area contributed by atoms with Crippen molar-refractivity contribution in [3.8, 4) is 11.4 Å². The van der Waals surface area contributed by atoms with Gasteiger partial charge in [-0.15, -0.1) is 0 Å². The van der Waals surface area contributed by atoms with Crippen LogP contribution in [0.3, 0.4) is 0 Å². The van der Waals surface area contributed by atoms with Crippen molar-refractivity contribution in [2.75, 3.05) is 31.7 Å². The molecule has 3 heterocycles. The zero-order chi connectivity index (χ0) is 17.1. The number of hydrogen-bond donors (Lipinski definition) is 0. The number of hydrogen-bond acceptors (Lipinski definition) is 7. The van der Waals surface area contributed by atoms with E-state index in [1.165, 1.54) is 7.11 Å². The van der Waals surface area contributed by atoms with Gasteiger partial charge in [-0.2, -0.15) is 0 Å². The predicted molar refractivity (Wildman–Crippen MR) is 88.7 cm³/mol. The number of esters is 1. The van der Waals surface area contributed by atoms with Crippen LogP contribution in [0.4, 0.5) is 5.82 Å². The monoisotopic (exact) mass is 328 g/mol. The van der Waals surface area contributed by atoms with E-state index in [4.69, 9.17) is 14.5 Å². The maximum atomic E-state index is 11.8. The minimum atomic E-state index is -0.595. The predicted octanol–water partition coefficient (Wildman–Crippen LogP) is 1.53. The average Bonchev–Trinajstić information content (AvgIpc) is 2.64. The van der Waals surface area contributed by atoms with Crippen LogP contribution in [0, 0.1) is 13.8 Å². The minimum absolute atomic E-state index is 0.363. The molecule has 0 bridgehead atoms. The minimum Gasteiger partial charge on any atom is -0.467 e. The largest absolute Gasteiger partial charge is 0.467 e. The normalized spacial score (nSPS) is 17.6. The maximum absolute atomic E-state index is 11.8. The van der Waals surface area contributed by atoms with Gasteiger partial charge in [0, 0.05) is 35.8 Å². The van der Waals surface area contributed by atoms with Gasteiger partial charge in [-0.05, 0) is 26.0 Å². The molecule has 1 fully saturated rings. The van der Waals surface area contributed by atoms with Crippen LogP contribution in [0.15, 0.2) is 24.5 Å². The molecule has 1 atom stereocenters. The SMILES string of the molecule is COC(=O)C1CN(c2nc(-c3ccncc3)nc(C)c2C)CCO1. The van der Waals surface area contributed by atoms with Gasteiger partial charge in [0.2, 0.25) is 0 Å². The molecule has 1 aliphatic rings. The molecule has 1 unspecified atom stereocenters. The Morgan fingerprint density at radius 1 is 1.29 bits per heavy atom. The number of ether oxygens (including phenoxy) is 2. The lowest BCUT2D eigenvalue weighted by Crippen LogP contribution is -2.47. The maximum Gasteiger partial charge on any atom is 0.336 e. The molecule has 0 spiro atoms. The highest BCUT2D eigenvalue weighted by molar-refractivity contribution is 5.76. The number of aromatic nitrogens is 3. The summed E-state index contributed by atoms with van der Waals surface area (Å²) in [6.45, 7) is 5.49. The third kappa shape index (κ3) is 3.21. The zero-order valence-corrected chi connectivity index (χ0v) is 14.0. The summed E-state index contributed by atoms with van der Waals surface area (Å²) >= 11 is 0.